The lowest BCUT2D eigenvalue weighted by Crippen LogP contribution is -2.12. The van der Waals surface area contributed by atoms with E-state index in [1.54, 1.807) is 29.2 Å². The van der Waals surface area contributed by atoms with Crippen molar-refractivity contribution in [1.29, 1.82) is 0 Å². The number of rotatable bonds is 6. The lowest BCUT2D eigenvalue weighted by molar-refractivity contribution is -0.384. The van der Waals surface area contributed by atoms with Crippen LogP contribution in [0.2, 0.25) is 0 Å². The van der Waals surface area contributed by atoms with E-state index >= 15 is 0 Å². The molecule has 0 aliphatic rings. The van der Waals surface area contributed by atoms with Gasteiger partial charge in [-0.2, -0.15) is 5.10 Å². The summed E-state index contributed by atoms with van der Waals surface area (Å²) in [6.45, 7) is 4.96. The Hall–Kier alpha value is -2.47. The molecule has 0 radical (unpaired) electrons. The summed E-state index contributed by atoms with van der Waals surface area (Å²) in [7, 11) is 0. The van der Waals surface area contributed by atoms with Gasteiger partial charge in [-0.25, -0.2) is 4.68 Å². The molecule has 6 heteroatoms. The van der Waals surface area contributed by atoms with Crippen molar-refractivity contribution in [2.24, 2.45) is 0 Å². The van der Waals surface area contributed by atoms with Crippen LogP contribution in [0, 0.1) is 10.1 Å². The van der Waals surface area contributed by atoms with Gasteiger partial charge in [0.2, 0.25) is 0 Å². The van der Waals surface area contributed by atoms with Gasteiger partial charge in [0.05, 0.1) is 11.1 Å². The fourth-order valence-corrected chi connectivity index (χ4v) is 1.66. The summed E-state index contributed by atoms with van der Waals surface area (Å²) in [4.78, 5) is 10.1. The lowest BCUT2D eigenvalue weighted by atomic mass is 10.2. The van der Waals surface area contributed by atoms with E-state index in [2.05, 4.69) is 17.0 Å². The van der Waals surface area contributed by atoms with Crippen LogP contribution < -0.4 is 5.32 Å². The van der Waals surface area contributed by atoms with Crippen molar-refractivity contribution >= 4 is 11.9 Å². The standard InChI is InChI=1S/C13H14N4O2/c1-2-16-10-12(9-15-16)8-14-7-11-3-5-13(6-4-11)17(18)19/h2-6,9-10,14H,1,7-8H2. The van der Waals surface area contributed by atoms with Gasteiger partial charge < -0.3 is 5.32 Å². The zero-order valence-electron chi connectivity index (χ0n) is 10.3. The molecular formula is C13H14N4O2. The Kier molecular flexibility index (Phi) is 4.04. The molecule has 2 aromatic rings. The number of hydrogen-bond acceptors (Lipinski definition) is 4. The van der Waals surface area contributed by atoms with E-state index in [0.717, 1.165) is 11.1 Å². The van der Waals surface area contributed by atoms with Crippen molar-refractivity contribution in [2.45, 2.75) is 13.1 Å². The molecule has 0 saturated heterocycles. The van der Waals surface area contributed by atoms with Crippen molar-refractivity contribution in [3.63, 3.8) is 0 Å². The van der Waals surface area contributed by atoms with E-state index in [1.165, 1.54) is 12.1 Å². The van der Waals surface area contributed by atoms with E-state index in [9.17, 15) is 10.1 Å². The van der Waals surface area contributed by atoms with Crippen molar-refractivity contribution in [3.05, 3.63) is 64.5 Å². The molecule has 0 amide bonds. The molecule has 0 saturated carbocycles. The van der Waals surface area contributed by atoms with Gasteiger partial charge >= 0.3 is 0 Å². The molecule has 0 fully saturated rings. The minimum Gasteiger partial charge on any atom is -0.309 e. The third-order valence-corrected chi connectivity index (χ3v) is 2.65. The number of nitro benzene ring substituents is 1. The number of non-ortho nitro benzene ring substituents is 1. The minimum atomic E-state index is -0.402. The summed E-state index contributed by atoms with van der Waals surface area (Å²) in [5, 5.41) is 17.8. The van der Waals surface area contributed by atoms with Crippen molar-refractivity contribution in [1.82, 2.24) is 15.1 Å². The Morgan fingerprint density at radius 2 is 2.00 bits per heavy atom. The highest BCUT2D eigenvalue weighted by atomic mass is 16.6. The third-order valence-electron chi connectivity index (χ3n) is 2.65. The van der Waals surface area contributed by atoms with Crippen LogP contribution in [0.15, 0.2) is 43.2 Å². The second-order valence-electron chi connectivity index (χ2n) is 4.04. The predicted octanol–water partition coefficient (Wildman–Crippen LogP) is 2.18. The van der Waals surface area contributed by atoms with Crippen LogP contribution in [0.3, 0.4) is 0 Å². The predicted molar refractivity (Wildman–Crippen MR) is 72.3 cm³/mol. The molecule has 0 bridgehead atoms. The van der Waals surface area contributed by atoms with Gasteiger partial charge in [0.25, 0.3) is 5.69 Å². The van der Waals surface area contributed by atoms with Gasteiger partial charge in [-0.3, -0.25) is 10.1 Å². The van der Waals surface area contributed by atoms with E-state index in [4.69, 9.17) is 0 Å². The molecular weight excluding hydrogens is 244 g/mol. The highest BCUT2D eigenvalue weighted by Gasteiger charge is 2.03. The number of aromatic nitrogens is 2. The summed E-state index contributed by atoms with van der Waals surface area (Å²) < 4.78 is 1.64. The zero-order chi connectivity index (χ0) is 13.7. The molecule has 1 N–H and O–H groups in total. The number of nitrogens with zero attached hydrogens (tertiary/aromatic N) is 3. The maximum absolute atomic E-state index is 10.5. The molecule has 1 aromatic carbocycles. The smallest absolute Gasteiger partial charge is 0.269 e. The van der Waals surface area contributed by atoms with Crippen LogP contribution in [0.5, 0.6) is 0 Å². The van der Waals surface area contributed by atoms with E-state index in [-0.39, 0.29) is 5.69 Å². The summed E-state index contributed by atoms with van der Waals surface area (Å²) in [6.07, 6.45) is 5.28. The highest BCUT2D eigenvalue weighted by Crippen LogP contribution is 2.11. The van der Waals surface area contributed by atoms with Crippen molar-refractivity contribution in [2.75, 3.05) is 0 Å². The Labute approximate surface area is 110 Å². The normalized spacial score (nSPS) is 10.3. The number of nitro groups is 1. The Balaban J connectivity index is 1.85. The van der Waals surface area contributed by atoms with Crippen LogP contribution in [-0.2, 0) is 13.1 Å². The number of hydrogen-bond donors (Lipinski definition) is 1. The third kappa shape index (κ3) is 3.49. The summed E-state index contributed by atoms with van der Waals surface area (Å²) in [6, 6.07) is 6.51. The van der Waals surface area contributed by atoms with Crippen molar-refractivity contribution < 1.29 is 4.92 Å². The zero-order valence-corrected chi connectivity index (χ0v) is 10.3. The molecule has 2 rings (SSSR count). The summed E-state index contributed by atoms with van der Waals surface area (Å²) in [5.74, 6) is 0. The average Bonchev–Trinajstić information content (AvgIpc) is 2.87. The Morgan fingerprint density at radius 1 is 1.32 bits per heavy atom. The van der Waals surface area contributed by atoms with E-state index in [1.807, 2.05) is 6.20 Å². The second kappa shape index (κ2) is 5.92. The molecule has 0 unspecified atom stereocenters. The number of nitrogens with one attached hydrogen (secondary N) is 1. The fourth-order valence-electron chi connectivity index (χ4n) is 1.66. The maximum atomic E-state index is 10.5. The van der Waals surface area contributed by atoms with E-state index < -0.39 is 4.92 Å². The molecule has 6 nitrogen and oxygen atoms in total. The SMILES string of the molecule is C=Cn1cc(CNCc2ccc([N+](=O)[O-])cc2)cn1. The lowest BCUT2D eigenvalue weighted by Gasteiger charge is -2.02. The second-order valence-corrected chi connectivity index (χ2v) is 4.04. The van der Waals surface area contributed by atoms with E-state index in [0.29, 0.717) is 13.1 Å². The molecule has 19 heavy (non-hydrogen) atoms. The minimum absolute atomic E-state index is 0.107. The first kappa shape index (κ1) is 13.0. The van der Waals surface area contributed by atoms with Crippen LogP contribution in [0.4, 0.5) is 5.69 Å². The Bertz CT molecular complexity index is 575. The molecule has 1 aromatic heterocycles. The largest absolute Gasteiger partial charge is 0.309 e. The van der Waals surface area contributed by atoms with Gasteiger partial charge in [-0.15, -0.1) is 0 Å². The summed E-state index contributed by atoms with van der Waals surface area (Å²) >= 11 is 0. The van der Waals surface area contributed by atoms with Gasteiger partial charge in [-0.05, 0) is 5.56 Å². The molecule has 0 spiro atoms. The van der Waals surface area contributed by atoms with Gasteiger partial charge in [-0.1, -0.05) is 18.7 Å². The first-order valence-electron chi connectivity index (χ1n) is 5.78. The Morgan fingerprint density at radius 3 is 2.58 bits per heavy atom. The van der Waals surface area contributed by atoms with Crippen LogP contribution in [0.1, 0.15) is 11.1 Å². The van der Waals surface area contributed by atoms with Crippen LogP contribution in [-0.4, -0.2) is 14.7 Å². The molecule has 98 valence electrons. The van der Waals surface area contributed by atoms with Gasteiger partial charge in [0, 0.05) is 43.2 Å². The number of benzene rings is 1. The van der Waals surface area contributed by atoms with Crippen molar-refractivity contribution in [3.8, 4) is 0 Å². The molecule has 1 heterocycles. The first-order chi connectivity index (χ1) is 9.19. The molecule has 0 atom stereocenters. The maximum Gasteiger partial charge on any atom is 0.269 e. The average molecular weight is 258 g/mol. The van der Waals surface area contributed by atoms with Crippen LogP contribution >= 0.6 is 0 Å². The topological polar surface area (TPSA) is 73.0 Å². The molecule has 0 aliphatic heterocycles. The highest BCUT2D eigenvalue weighted by molar-refractivity contribution is 5.32. The van der Waals surface area contributed by atoms with Gasteiger partial charge in [0.1, 0.15) is 0 Å². The quantitative estimate of drug-likeness (QED) is 0.636. The monoisotopic (exact) mass is 258 g/mol. The summed E-state index contributed by atoms with van der Waals surface area (Å²) in [5.41, 5.74) is 2.17. The molecule has 0 aliphatic carbocycles. The fraction of sp³-hybridized carbons (Fsp3) is 0.154. The first-order valence-corrected chi connectivity index (χ1v) is 5.78. The van der Waals surface area contributed by atoms with Crippen LogP contribution in [0.25, 0.3) is 6.20 Å². The van der Waals surface area contributed by atoms with Gasteiger partial charge in [0.15, 0.2) is 0 Å².